The summed E-state index contributed by atoms with van der Waals surface area (Å²) >= 11 is 1.33. The van der Waals surface area contributed by atoms with Gasteiger partial charge in [0.1, 0.15) is 17.3 Å². The summed E-state index contributed by atoms with van der Waals surface area (Å²) in [6.45, 7) is 3.04. The predicted molar refractivity (Wildman–Crippen MR) is 116 cm³/mol. The number of hydrogen-bond acceptors (Lipinski definition) is 7. The van der Waals surface area contributed by atoms with E-state index in [1.54, 1.807) is 36.4 Å². The maximum atomic E-state index is 12.5. The smallest absolute Gasteiger partial charge is 0.244 e. The van der Waals surface area contributed by atoms with E-state index in [1.165, 1.54) is 22.3 Å². The van der Waals surface area contributed by atoms with Gasteiger partial charge in [-0.05, 0) is 49.2 Å². The molecule has 7 nitrogen and oxygen atoms in total. The number of aliphatic hydroxyl groups is 1. The van der Waals surface area contributed by atoms with Crippen LogP contribution in [-0.4, -0.2) is 60.1 Å². The van der Waals surface area contributed by atoms with Crippen LogP contribution in [0, 0.1) is 0 Å². The standard InChI is InChI=1S/C21H26N2O5S2/c1-2-20(25)16-5-7-18(8-6-16)28-14-17(24)15-29-21-10-9-19(13-22-21)30(26,27)23-11-3-4-12-23/h5-10,13,17,24H,2-4,11-12,14-15H2,1H3. The Bertz CT molecular complexity index is 940. The number of carbonyl (C=O) groups is 1. The van der Waals surface area contributed by atoms with Gasteiger partial charge in [0.25, 0.3) is 0 Å². The van der Waals surface area contributed by atoms with Gasteiger partial charge < -0.3 is 9.84 Å². The zero-order valence-electron chi connectivity index (χ0n) is 16.9. The molecule has 1 fully saturated rings. The molecule has 162 valence electrons. The highest BCUT2D eigenvalue weighted by Crippen LogP contribution is 2.23. The first-order valence-electron chi connectivity index (χ1n) is 9.93. The lowest BCUT2D eigenvalue weighted by Gasteiger charge is -2.15. The summed E-state index contributed by atoms with van der Waals surface area (Å²) in [4.78, 5) is 16.0. The van der Waals surface area contributed by atoms with E-state index in [4.69, 9.17) is 4.74 Å². The van der Waals surface area contributed by atoms with E-state index in [0.717, 1.165) is 12.8 Å². The summed E-state index contributed by atoms with van der Waals surface area (Å²) in [7, 11) is -3.47. The molecule has 1 unspecified atom stereocenters. The Morgan fingerprint density at radius 1 is 1.20 bits per heavy atom. The lowest BCUT2D eigenvalue weighted by atomic mass is 10.1. The number of aliphatic hydroxyl groups excluding tert-OH is 1. The van der Waals surface area contributed by atoms with Gasteiger partial charge in [0.2, 0.25) is 10.0 Å². The van der Waals surface area contributed by atoms with Crippen LogP contribution in [-0.2, 0) is 10.0 Å². The van der Waals surface area contributed by atoms with Gasteiger partial charge in [-0.2, -0.15) is 4.31 Å². The first-order chi connectivity index (χ1) is 14.4. The van der Waals surface area contributed by atoms with E-state index in [2.05, 4.69) is 4.98 Å². The third kappa shape index (κ3) is 5.81. The van der Waals surface area contributed by atoms with Crippen LogP contribution < -0.4 is 4.74 Å². The fourth-order valence-electron chi connectivity index (χ4n) is 3.05. The van der Waals surface area contributed by atoms with Crippen LogP contribution in [0.15, 0.2) is 52.5 Å². The number of aromatic nitrogens is 1. The van der Waals surface area contributed by atoms with Gasteiger partial charge in [-0.25, -0.2) is 13.4 Å². The Labute approximate surface area is 181 Å². The van der Waals surface area contributed by atoms with Crippen LogP contribution in [0.25, 0.3) is 0 Å². The van der Waals surface area contributed by atoms with Crippen LogP contribution in [0.3, 0.4) is 0 Å². The molecule has 9 heteroatoms. The van der Waals surface area contributed by atoms with Crippen molar-refractivity contribution < 1.29 is 23.1 Å². The second-order valence-corrected chi connectivity index (χ2v) is 10.00. The lowest BCUT2D eigenvalue weighted by molar-refractivity contribution is 0.0987. The number of nitrogens with zero attached hydrogens (tertiary/aromatic N) is 2. The van der Waals surface area contributed by atoms with Crippen molar-refractivity contribution in [3.8, 4) is 5.75 Å². The van der Waals surface area contributed by atoms with Gasteiger partial charge in [-0.1, -0.05) is 6.92 Å². The SMILES string of the molecule is CCC(=O)c1ccc(OCC(O)CSc2ccc(S(=O)(=O)N3CCCC3)cn2)cc1. The second kappa shape index (κ2) is 10.4. The molecule has 1 saturated heterocycles. The summed E-state index contributed by atoms with van der Waals surface area (Å²) in [6.07, 6.45) is 2.89. The molecule has 0 radical (unpaired) electrons. The molecule has 0 amide bonds. The topological polar surface area (TPSA) is 96.8 Å². The zero-order valence-corrected chi connectivity index (χ0v) is 18.5. The molecule has 1 aromatic carbocycles. The molecule has 2 aromatic rings. The predicted octanol–water partition coefficient (Wildman–Crippen LogP) is 2.99. The zero-order chi connectivity index (χ0) is 21.6. The highest BCUT2D eigenvalue weighted by molar-refractivity contribution is 7.99. The quantitative estimate of drug-likeness (QED) is 0.439. The Morgan fingerprint density at radius 3 is 2.50 bits per heavy atom. The van der Waals surface area contributed by atoms with Gasteiger partial charge in [-0.15, -0.1) is 11.8 Å². The summed E-state index contributed by atoms with van der Waals surface area (Å²) in [6, 6.07) is 10.1. The molecule has 1 N–H and O–H groups in total. The highest BCUT2D eigenvalue weighted by atomic mass is 32.2. The first kappa shape index (κ1) is 22.7. The van der Waals surface area contributed by atoms with Crippen LogP contribution in [0.1, 0.15) is 36.5 Å². The van der Waals surface area contributed by atoms with Crippen molar-refractivity contribution in [3.63, 3.8) is 0 Å². The van der Waals surface area contributed by atoms with Gasteiger partial charge in [0.15, 0.2) is 5.78 Å². The fraction of sp³-hybridized carbons (Fsp3) is 0.429. The number of sulfonamides is 1. The van der Waals surface area contributed by atoms with Gasteiger partial charge in [-0.3, -0.25) is 4.79 Å². The summed E-state index contributed by atoms with van der Waals surface area (Å²) in [5.74, 6) is 1.02. The van der Waals surface area contributed by atoms with Crippen molar-refractivity contribution >= 4 is 27.6 Å². The van der Waals surface area contributed by atoms with Crippen LogP contribution in [0.5, 0.6) is 5.75 Å². The molecule has 0 bridgehead atoms. The number of rotatable bonds is 10. The number of ether oxygens (including phenoxy) is 1. The number of benzene rings is 1. The maximum absolute atomic E-state index is 12.5. The Morgan fingerprint density at radius 2 is 1.90 bits per heavy atom. The molecule has 0 spiro atoms. The molecule has 0 aliphatic carbocycles. The fourth-order valence-corrected chi connectivity index (χ4v) is 5.26. The summed E-state index contributed by atoms with van der Waals surface area (Å²) in [5.41, 5.74) is 0.641. The number of thioether (sulfide) groups is 1. The van der Waals surface area contributed by atoms with Crippen molar-refractivity contribution in [1.29, 1.82) is 0 Å². The minimum Gasteiger partial charge on any atom is -0.491 e. The third-order valence-corrected chi connectivity index (χ3v) is 7.75. The number of ketones is 1. The molecule has 30 heavy (non-hydrogen) atoms. The first-order valence-corrected chi connectivity index (χ1v) is 12.4. The molecular weight excluding hydrogens is 424 g/mol. The van der Waals surface area contributed by atoms with Gasteiger partial charge >= 0.3 is 0 Å². The molecule has 1 aliphatic heterocycles. The second-order valence-electron chi connectivity index (χ2n) is 7.02. The maximum Gasteiger partial charge on any atom is 0.244 e. The summed E-state index contributed by atoms with van der Waals surface area (Å²) in [5, 5.41) is 10.8. The van der Waals surface area contributed by atoms with E-state index in [9.17, 15) is 18.3 Å². The van der Waals surface area contributed by atoms with E-state index < -0.39 is 16.1 Å². The lowest BCUT2D eigenvalue weighted by Crippen LogP contribution is -2.27. The van der Waals surface area contributed by atoms with Crippen molar-refractivity contribution in [2.45, 2.75) is 42.2 Å². The molecule has 1 aliphatic rings. The van der Waals surface area contributed by atoms with Crippen LogP contribution >= 0.6 is 11.8 Å². The van der Waals surface area contributed by atoms with Crippen molar-refractivity contribution in [3.05, 3.63) is 48.2 Å². The third-order valence-electron chi connectivity index (χ3n) is 4.78. The molecule has 1 atom stereocenters. The Hall–Kier alpha value is -1.94. The van der Waals surface area contributed by atoms with Gasteiger partial charge in [0.05, 0.1) is 11.1 Å². The highest BCUT2D eigenvalue weighted by Gasteiger charge is 2.27. The minimum absolute atomic E-state index is 0.0738. The number of pyridine rings is 1. The number of Topliss-reactive ketones (excluding diaryl/α,β-unsaturated/α-hetero) is 1. The average Bonchev–Trinajstić information content (AvgIpc) is 3.32. The largest absolute Gasteiger partial charge is 0.491 e. The van der Waals surface area contributed by atoms with E-state index in [-0.39, 0.29) is 17.3 Å². The average molecular weight is 451 g/mol. The summed E-state index contributed by atoms with van der Waals surface area (Å²) < 4.78 is 32.1. The van der Waals surface area contributed by atoms with Crippen LogP contribution in [0.4, 0.5) is 0 Å². The Kier molecular flexibility index (Phi) is 7.87. The van der Waals surface area contributed by atoms with E-state index >= 15 is 0 Å². The van der Waals surface area contributed by atoms with Crippen molar-refractivity contribution in [1.82, 2.24) is 9.29 Å². The Balaban J connectivity index is 1.46. The number of carbonyl (C=O) groups excluding carboxylic acids is 1. The van der Waals surface area contributed by atoms with Crippen molar-refractivity contribution in [2.75, 3.05) is 25.4 Å². The molecular formula is C21H26N2O5S2. The van der Waals surface area contributed by atoms with Crippen molar-refractivity contribution in [2.24, 2.45) is 0 Å². The molecule has 1 aromatic heterocycles. The monoisotopic (exact) mass is 450 g/mol. The van der Waals surface area contributed by atoms with Gasteiger partial charge in [0, 0.05) is 37.0 Å². The normalized spacial score (nSPS) is 15.8. The molecule has 2 heterocycles. The van der Waals surface area contributed by atoms with Crippen LogP contribution in [0.2, 0.25) is 0 Å². The van der Waals surface area contributed by atoms with E-state index in [1.807, 2.05) is 6.92 Å². The van der Waals surface area contributed by atoms with E-state index in [0.29, 0.717) is 41.6 Å². The molecule has 0 saturated carbocycles. The molecule has 3 rings (SSSR count). The number of hydrogen-bond donors (Lipinski definition) is 1. The minimum atomic E-state index is -3.47.